The molecule has 0 aliphatic rings. The van der Waals surface area contributed by atoms with Crippen LogP contribution < -0.4 is 11.1 Å². The minimum Gasteiger partial charge on any atom is -0.366 e. The second-order valence-electron chi connectivity index (χ2n) is 6.75. The predicted molar refractivity (Wildman–Crippen MR) is 107 cm³/mol. The summed E-state index contributed by atoms with van der Waals surface area (Å²) >= 11 is 0. The molecule has 0 unspecified atom stereocenters. The van der Waals surface area contributed by atoms with Gasteiger partial charge in [-0.1, -0.05) is 18.2 Å². The van der Waals surface area contributed by atoms with E-state index in [1.165, 1.54) is 0 Å². The highest BCUT2D eigenvalue weighted by Crippen LogP contribution is 2.25. The van der Waals surface area contributed by atoms with Crippen molar-refractivity contribution in [3.63, 3.8) is 0 Å². The van der Waals surface area contributed by atoms with Crippen molar-refractivity contribution in [2.24, 2.45) is 5.73 Å². The topological polar surface area (TPSA) is 106 Å². The van der Waals surface area contributed by atoms with Gasteiger partial charge in [-0.25, -0.2) is 4.98 Å². The van der Waals surface area contributed by atoms with E-state index in [0.717, 1.165) is 0 Å². The number of hydrogen-bond acceptors (Lipinski definition) is 3. The second kappa shape index (κ2) is 7.63. The number of aromatic nitrogens is 3. The van der Waals surface area contributed by atoms with Gasteiger partial charge in [-0.15, -0.1) is 0 Å². The molecule has 0 saturated heterocycles. The lowest BCUT2D eigenvalue weighted by molar-refractivity contribution is -0.173. The number of imidazole rings is 1. The molecule has 0 aliphatic heterocycles. The fourth-order valence-electron chi connectivity index (χ4n) is 3.25. The van der Waals surface area contributed by atoms with Crippen molar-refractivity contribution >= 4 is 22.8 Å². The average Bonchev–Trinajstić information content (AvgIpc) is 3.37. The molecule has 4 aromatic rings. The van der Waals surface area contributed by atoms with E-state index in [4.69, 9.17) is 5.73 Å². The molecule has 0 bridgehead atoms. The first kappa shape index (κ1) is 20.2. The normalized spacial score (nSPS) is 11.6. The van der Waals surface area contributed by atoms with Gasteiger partial charge >= 0.3 is 12.1 Å². The Hall–Kier alpha value is -4.08. The van der Waals surface area contributed by atoms with Crippen molar-refractivity contribution in [2.45, 2.75) is 12.7 Å². The number of nitrogens with two attached hydrogens (primary N) is 1. The largest absolute Gasteiger partial charge is 0.471 e. The van der Waals surface area contributed by atoms with Crippen molar-refractivity contribution in [2.75, 3.05) is 0 Å². The molecule has 0 aliphatic carbocycles. The molecule has 10 heteroatoms. The molecule has 2 aromatic carbocycles. The first-order valence-electron chi connectivity index (χ1n) is 9.14. The second-order valence-corrected chi connectivity index (χ2v) is 6.75. The maximum absolute atomic E-state index is 12.4. The molecule has 0 radical (unpaired) electrons. The van der Waals surface area contributed by atoms with E-state index in [9.17, 15) is 22.8 Å². The van der Waals surface area contributed by atoms with Crippen molar-refractivity contribution in [3.05, 3.63) is 72.1 Å². The summed E-state index contributed by atoms with van der Waals surface area (Å²) in [5.41, 5.74) is 8.63. The minimum atomic E-state index is -4.94. The molecule has 2 heterocycles. The summed E-state index contributed by atoms with van der Waals surface area (Å²) in [6, 6.07) is 15.5. The van der Waals surface area contributed by atoms with E-state index >= 15 is 0 Å². The van der Waals surface area contributed by atoms with Gasteiger partial charge in [-0.2, -0.15) is 13.2 Å². The molecule has 158 valence electrons. The third-order valence-corrected chi connectivity index (χ3v) is 4.70. The highest BCUT2D eigenvalue weighted by Gasteiger charge is 2.38. The molecule has 2 aromatic heterocycles. The number of nitrogens with zero attached hydrogens (tertiary/aromatic N) is 2. The van der Waals surface area contributed by atoms with Crippen LogP contribution in [0.2, 0.25) is 0 Å². The molecule has 0 fully saturated rings. The number of H-pyrrole nitrogens is 1. The van der Waals surface area contributed by atoms with Crippen LogP contribution in [-0.4, -0.2) is 32.5 Å². The van der Waals surface area contributed by atoms with Crippen LogP contribution in [-0.2, 0) is 11.3 Å². The maximum atomic E-state index is 12.4. The number of rotatable bonds is 5. The lowest BCUT2D eigenvalue weighted by atomic mass is 10.2. The predicted octanol–water partition coefficient (Wildman–Crippen LogP) is 3.30. The van der Waals surface area contributed by atoms with Gasteiger partial charge < -0.3 is 20.6 Å². The molecule has 4 rings (SSSR count). The Balaban J connectivity index is 1.66. The van der Waals surface area contributed by atoms with Crippen molar-refractivity contribution in [3.8, 4) is 17.1 Å². The fraction of sp³-hybridized carbons (Fsp3) is 0.0952. The molecular weight excluding hydrogens is 411 g/mol. The van der Waals surface area contributed by atoms with E-state index in [1.807, 2.05) is 5.32 Å². The van der Waals surface area contributed by atoms with Crippen LogP contribution in [0.1, 0.15) is 16.1 Å². The highest BCUT2D eigenvalue weighted by molar-refractivity contribution is 6.04. The lowest BCUT2D eigenvalue weighted by Gasteiger charge is -2.12. The summed E-state index contributed by atoms with van der Waals surface area (Å²) in [6.45, 7) is -0.290. The van der Waals surface area contributed by atoms with Gasteiger partial charge in [0.1, 0.15) is 11.3 Å². The Kier molecular flexibility index (Phi) is 4.97. The molecule has 2 amide bonds. The van der Waals surface area contributed by atoms with Crippen LogP contribution >= 0.6 is 0 Å². The number of halogens is 3. The van der Waals surface area contributed by atoms with Crippen LogP contribution in [0, 0.1) is 0 Å². The van der Waals surface area contributed by atoms with Crippen molar-refractivity contribution in [1.29, 1.82) is 0 Å². The quantitative estimate of drug-likeness (QED) is 0.455. The number of aromatic amines is 1. The third kappa shape index (κ3) is 4.00. The molecule has 0 spiro atoms. The number of alkyl halides is 3. The molecular formula is C21H16F3N5O2. The molecule has 0 saturated carbocycles. The summed E-state index contributed by atoms with van der Waals surface area (Å²) in [4.78, 5) is 30.4. The summed E-state index contributed by atoms with van der Waals surface area (Å²) in [7, 11) is 0. The maximum Gasteiger partial charge on any atom is 0.471 e. The van der Waals surface area contributed by atoms with Crippen molar-refractivity contribution < 1.29 is 22.8 Å². The Labute approximate surface area is 173 Å². The van der Waals surface area contributed by atoms with Crippen LogP contribution in [0.15, 0.2) is 60.8 Å². The summed E-state index contributed by atoms with van der Waals surface area (Å²) in [5.74, 6) is -2.08. The smallest absolute Gasteiger partial charge is 0.366 e. The van der Waals surface area contributed by atoms with Crippen LogP contribution in [0.5, 0.6) is 0 Å². The summed E-state index contributed by atoms with van der Waals surface area (Å²) < 4.78 is 39.0. The van der Waals surface area contributed by atoms with Gasteiger partial charge in [0, 0.05) is 23.1 Å². The molecule has 31 heavy (non-hydrogen) atoms. The Morgan fingerprint density at radius 2 is 1.87 bits per heavy atom. The summed E-state index contributed by atoms with van der Waals surface area (Å²) in [5, 5.41) is 1.87. The third-order valence-electron chi connectivity index (χ3n) is 4.70. The average molecular weight is 427 g/mol. The highest BCUT2D eigenvalue weighted by atomic mass is 19.4. The first-order valence-corrected chi connectivity index (χ1v) is 9.14. The van der Waals surface area contributed by atoms with E-state index in [2.05, 4.69) is 9.97 Å². The van der Waals surface area contributed by atoms with E-state index in [-0.39, 0.29) is 6.54 Å². The van der Waals surface area contributed by atoms with E-state index < -0.39 is 18.0 Å². The van der Waals surface area contributed by atoms with Gasteiger partial charge in [-0.3, -0.25) is 9.59 Å². The van der Waals surface area contributed by atoms with Crippen LogP contribution in [0.25, 0.3) is 28.1 Å². The number of fused-ring (bicyclic) bond motifs is 1. The van der Waals surface area contributed by atoms with E-state index in [0.29, 0.717) is 39.4 Å². The van der Waals surface area contributed by atoms with Gasteiger partial charge in [0.25, 0.3) is 5.91 Å². The Bertz CT molecular complexity index is 1290. The van der Waals surface area contributed by atoms with Crippen LogP contribution in [0.3, 0.4) is 0 Å². The van der Waals surface area contributed by atoms with Crippen molar-refractivity contribution in [1.82, 2.24) is 19.9 Å². The Morgan fingerprint density at radius 1 is 1.10 bits per heavy atom. The molecule has 4 N–H and O–H groups in total. The zero-order chi connectivity index (χ0) is 22.2. The number of amides is 2. The SMILES string of the molecule is NC(=O)c1cccc2[nH]c(-c3cccc(-n4cccc4CNC(=O)C(F)(F)F)c3)nc12. The van der Waals surface area contributed by atoms with Gasteiger partial charge in [0.05, 0.1) is 17.6 Å². The number of primary amides is 1. The zero-order valence-electron chi connectivity index (χ0n) is 15.9. The number of carbonyl (C=O) groups is 2. The molecule has 7 nitrogen and oxygen atoms in total. The first-order chi connectivity index (χ1) is 14.7. The van der Waals surface area contributed by atoms with Gasteiger partial charge in [0.15, 0.2) is 0 Å². The molecule has 0 atom stereocenters. The summed E-state index contributed by atoms with van der Waals surface area (Å²) in [6.07, 6.45) is -3.26. The van der Waals surface area contributed by atoms with E-state index in [1.54, 1.807) is 65.4 Å². The fourth-order valence-corrected chi connectivity index (χ4v) is 3.25. The number of benzene rings is 2. The lowest BCUT2D eigenvalue weighted by Crippen LogP contribution is -2.36. The zero-order valence-corrected chi connectivity index (χ0v) is 15.9. The Morgan fingerprint density at radius 3 is 2.61 bits per heavy atom. The minimum absolute atomic E-state index is 0.290. The number of nitrogens with one attached hydrogen (secondary N) is 2. The standard InChI is InChI=1S/C21H16F3N5O2/c22-21(23,24)20(31)26-11-14-6-3-9-29(14)13-5-1-4-12(10-13)19-27-16-8-2-7-15(18(25)30)17(16)28-19/h1-10H,11H2,(H2,25,30)(H,26,31)(H,27,28). The number of hydrogen-bond donors (Lipinski definition) is 3. The monoisotopic (exact) mass is 427 g/mol. The van der Waals surface area contributed by atoms with Crippen LogP contribution in [0.4, 0.5) is 13.2 Å². The van der Waals surface area contributed by atoms with Gasteiger partial charge in [0.2, 0.25) is 0 Å². The van der Waals surface area contributed by atoms with Gasteiger partial charge in [-0.05, 0) is 36.4 Å². The number of para-hydroxylation sites is 1. The number of carbonyl (C=O) groups excluding carboxylic acids is 2.